The number of rotatable bonds is 12. The van der Waals surface area contributed by atoms with Crippen LogP contribution in [0.2, 0.25) is 0 Å². The number of unbranched alkanes of at least 4 members (excludes halogenated alkanes) is 5. The lowest BCUT2D eigenvalue weighted by molar-refractivity contribution is -0.141. The van der Waals surface area contributed by atoms with E-state index in [0.717, 1.165) is 18.8 Å². The van der Waals surface area contributed by atoms with Crippen LogP contribution in [0.4, 0.5) is 0 Å². The molecule has 1 unspecified atom stereocenters. The van der Waals surface area contributed by atoms with Gasteiger partial charge in [0.1, 0.15) is 0 Å². The summed E-state index contributed by atoms with van der Waals surface area (Å²) in [4.78, 5) is 20.5. The second-order valence-electron chi connectivity index (χ2n) is 6.48. The zero-order valence-corrected chi connectivity index (χ0v) is 14.9. The van der Waals surface area contributed by atoms with Crippen molar-refractivity contribution >= 4 is 11.9 Å². The van der Waals surface area contributed by atoms with Gasteiger partial charge in [-0.15, -0.1) is 0 Å². The standard InChI is InChI=1S/C9H16O4.C9H20/c1-7(9(12)13)5-3-2-4-6-8(10)11;1-4-5-6-7-8-9(2)3/h7H,2-6H2,1H3,(H,10,11)(H,12,13);9H,4-8H2,1-3H3. The summed E-state index contributed by atoms with van der Waals surface area (Å²) in [6.45, 7) is 8.52. The minimum atomic E-state index is -0.786. The van der Waals surface area contributed by atoms with Crippen molar-refractivity contribution in [2.75, 3.05) is 0 Å². The molecular weight excluding hydrogens is 280 g/mol. The van der Waals surface area contributed by atoms with Gasteiger partial charge in [0.05, 0.1) is 5.92 Å². The van der Waals surface area contributed by atoms with E-state index in [1.54, 1.807) is 6.92 Å². The molecule has 0 aliphatic heterocycles. The van der Waals surface area contributed by atoms with E-state index in [0.29, 0.717) is 12.8 Å². The van der Waals surface area contributed by atoms with Crippen LogP contribution >= 0.6 is 0 Å². The van der Waals surface area contributed by atoms with E-state index in [-0.39, 0.29) is 12.3 Å². The predicted octanol–water partition coefficient (Wildman–Crippen LogP) is 5.36. The van der Waals surface area contributed by atoms with Gasteiger partial charge in [-0.1, -0.05) is 72.6 Å². The minimum absolute atomic E-state index is 0.182. The maximum atomic E-state index is 10.4. The molecule has 4 nitrogen and oxygen atoms in total. The Balaban J connectivity index is 0. The summed E-state index contributed by atoms with van der Waals surface area (Å²) >= 11 is 0. The van der Waals surface area contributed by atoms with E-state index in [4.69, 9.17) is 10.2 Å². The monoisotopic (exact) mass is 316 g/mol. The average Bonchev–Trinajstić information content (AvgIpc) is 2.43. The summed E-state index contributed by atoms with van der Waals surface area (Å²) in [5.74, 6) is -0.976. The van der Waals surface area contributed by atoms with Gasteiger partial charge in [0, 0.05) is 6.42 Å². The van der Waals surface area contributed by atoms with Crippen LogP contribution in [0.5, 0.6) is 0 Å². The quantitative estimate of drug-likeness (QED) is 0.476. The first kappa shape index (κ1) is 23.2. The second kappa shape index (κ2) is 16.3. The highest BCUT2D eigenvalue weighted by Gasteiger charge is 2.09. The third-order valence-corrected chi connectivity index (χ3v) is 3.58. The molecule has 4 heteroatoms. The average molecular weight is 316 g/mol. The number of aliphatic carboxylic acids is 2. The van der Waals surface area contributed by atoms with Crippen LogP contribution < -0.4 is 0 Å². The Morgan fingerprint density at radius 1 is 0.818 bits per heavy atom. The van der Waals surface area contributed by atoms with Crippen LogP contribution in [0.1, 0.15) is 91.9 Å². The molecule has 0 fully saturated rings. The molecule has 0 spiro atoms. The highest BCUT2D eigenvalue weighted by molar-refractivity contribution is 5.69. The van der Waals surface area contributed by atoms with E-state index in [2.05, 4.69) is 20.8 Å². The molecule has 132 valence electrons. The molecule has 0 heterocycles. The largest absolute Gasteiger partial charge is 0.481 e. The van der Waals surface area contributed by atoms with Crippen molar-refractivity contribution in [3.05, 3.63) is 0 Å². The number of carbonyl (C=O) groups is 2. The summed E-state index contributed by atoms with van der Waals surface area (Å²) in [6.07, 6.45) is 10.1. The Bertz CT molecular complexity index is 274. The van der Waals surface area contributed by atoms with Crippen molar-refractivity contribution in [2.45, 2.75) is 91.9 Å². The molecule has 0 aromatic heterocycles. The normalized spacial score (nSPS) is 11.7. The molecule has 0 rings (SSSR count). The zero-order valence-electron chi connectivity index (χ0n) is 14.9. The number of carboxylic acids is 2. The van der Waals surface area contributed by atoms with Crippen LogP contribution in [0.3, 0.4) is 0 Å². The maximum Gasteiger partial charge on any atom is 0.306 e. The molecule has 0 radical (unpaired) electrons. The Morgan fingerprint density at radius 3 is 1.82 bits per heavy atom. The van der Waals surface area contributed by atoms with Crippen molar-refractivity contribution in [1.29, 1.82) is 0 Å². The van der Waals surface area contributed by atoms with Gasteiger partial charge in [0.25, 0.3) is 0 Å². The summed E-state index contributed by atoms with van der Waals surface area (Å²) in [7, 11) is 0. The Kier molecular flexibility index (Phi) is 17.2. The maximum absolute atomic E-state index is 10.4. The van der Waals surface area contributed by atoms with Gasteiger partial charge < -0.3 is 10.2 Å². The van der Waals surface area contributed by atoms with Crippen LogP contribution in [0, 0.1) is 11.8 Å². The van der Waals surface area contributed by atoms with Crippen molar-refractivity contribution in [3.63, 3.8) is 0 Å². The first-order chi connectivity index (χ1) is 10.3. The topological polar surface area (TPSA) is 74.6 Å². The number of hydrogen-bond donors (Lipinski definition) is 2. The van der Waals surface area contributed by atoms with Crippen molar-refractivity contribution in [2.24, 2.45) is 11.8 Å². The molecule has 2 N–H and O–H groups in total. The van der Waals surface area contributed by atoms with Gasteiger partial charge in [-0.3, -0.25) is 9.59 Å². The van der Waals surface area contributed by atoms with E-state index < -0.39 is 11.9 Å². The fourth-order valence-electron chi connectivity index (χ4n) is 2.01. The fourth-order valence-corrected chi connectivity index (χ4v) is 2.01. The SMILES string of the molecule is CC(CCCCCC(=O)O)C(=O)O.CCCCCCC(C)C. The lowest BCUT2D eigenvalue weighted by atomic mass is 10.0. The summed E-state index contributed by atoms with van der Waals surface area (Å²) < 4.78 is 0. The lowest BCUT2D eigenvalue weighted by Crippen LogP contribution is -2.08. The molecule has 0 aromatic carbocycles. The van der Waals surface area contributed by atoms with Crippen molar-refractivity contribution in [1.82, 2.24) is 0 Å². The Morgan fingerprint density at radius 2 is 1.36 bits per heavy atom. The number of hydrogen-bond acceptors (Lipinski definition) is 2. The van der Waals surface area contributed by atoms with Gasteiger partial charge in [0.15, 0.2) is 0 Å². The predicted molar refractivity (Wildman–Crippen MR) is 91.1 cm³/mol. The van der Waals surface area contributed by atoms with Gasteiger partial charge in [-0.2, -0.15) is 0 Å². The Hall–Kier alpha value is -1.06. The smallest absolute Gasteiger partial charge is 0.306 e. The van der Waals surface area contributed by atoms with Crippen LogP contribution in [-0.4, -0.2) is 22.2 Å². The van der Waals surface area contributed by atoms with Crippen LogP contribution in [0.25, 0.3) is 0 Å². The van der Waals surface area contributed by atoms with E-state index >= 15 is 0 Å². The van der Waals surface area contributed by atoms with Crippen LogP contribution in [0.15, 0.2) is 0 Å². The van der Waals surface area contributed by atoms with Gasteiger partial charge in [-0.25, -0.2) is 0 Å². The Labute approximate surface area is 136 Å². The zero-order chi connectivity index (χ0) is 17.4. The number of carboxylic acid groups (broad SMARTS) is 2. The molecule has 0 amide bonds. The lowest BCUT2D eigenvalue weighted by Gasteiger charge is -2.04. The summed E-state index contributed by atoms with van der Waals surface area (Å²) in [5.41, 5.74) is 0. The molecule has 0 saturated heterocycles. The second-order valence-corrected chi connectivity index (χ2v) is 6.48. The fraction of sp³-hybridized carbons (Fsp3) is 0.889. The van der Waals surface area contributed by atoms with Crippen molar-refractivity contribution < 1.29 is 19.8 Å². The van der Waals surface area contributed by atoms with Gasteiger partial charge >= 0.3 is 11.9 Å². The first-order valence-corrected chi connectivity index (χ1v) is 8.75. The molecule has 0 aliphatic rings. The summed E-state index contributed by atoms with van der Waals surface area (Å²) in [5, 5.41) is 16.8. The van der Waals surface area contributed by atoms with E-state index in [1.165, 1.54) is 32.1 Å². The van der Waals surface area contributed by atoms with E-state index in [1.807, 2.05) is 0 Å². The molecule has 22 heavy (non-hydrogen) atoms. The minimum Gasteiger partial charge on any atom is -0.481 e. The van der Waals surface area contributed by atoms with Crippen LogP contribution in [-0.2, 0) is 9.59 Å². The molecule has 0 bridgehead atoms. The molecule has 0 saturated carbocycles. The van der Waals surface area contributed by atoms with E-state index in [9.17, 15) is 9.59 Å². The highest BCUT2D eigenvalue weighted by Crippen LogP contribution is 2.10. The van der Waals surface area contributed by atoms with Gasteiger partial charge in [-0.05, 0) is 18.8 Å². The third kappa shape index (κ3) is 21.2. The van der Waals surface area contributed by atoms with Gasteiger partial charge in [0.2, 0.25) is 0 Å². The summed E-state index contributed by atoms with van der Waals surface area (Å²) in [6, 6.07) is 0. The molecule has 1 atom stereocenters. The third-order valence-electron chi connectivity index (χ3n) is 3.58. The molecular formula is C18H36O4. The molecule has 0 aliphatic carbocycles. The van der Waals surface area contributed by atoms with Crippen molar-refractivity contribution in [3.8, 4) is 0 Å². The highest BCUT2D eigenvalue weighted by atomic mass is 16.4. The molecule has 0 aromatic rings. The first-order valence-electron chi connectivity index (χ1n) is 8.75.